The average Bonchev–Trinajstić information content (AvgIpc) is 3.28. The highest BCUT2D eigenvalue weighted by molar-refractivity contribution is 6.30. The van der Waals surface area contributed by atoms with Crippen molar-refractivity contribution in [2.75, 3.05) is 13.1 Å². The number of alkyl halides is 3. The number of halogens is 4. The number of hydrogen-bond acceptors (Lipinski definition) is 3. The van der Waals surface area contributed by atoms with Crippen molar-refractivity contribution in [3.8, 4) is 5.69 Å². The van der Waals surface area contributed by atoms with Crippen LogP contribution in [0.5, 0.6) is 0 Å². The first-order valence-electron chi connectivity index (χ1n) is 10.8. The van der Waals surface area contributed by atoms with E-state index in [1.54, 1.807) is 47.4 Å². The lowest BCUT2D eigenvalue weighted by Gasteiger charge is -2.31. The lowest BCUT2D eigenvalue weighted by atomic mass is 9.95. The van der Waals surface area contributed by atoms with Gasteiger partial charge < -0.3 is 10.2 Å². The van der Waals surface area contributed by atoms with Crippen molar-refractivity contribution in [1.82, 2.24) is 20.0 Å². The summed E-state index contributed by atoms with van der Waals surface area (Å²) < 4.78 is 40.9. The molecule has 4 rings (SSSR count). The maximum Gasteiger partial charge on any atom is 0.435 e. The predicted octanol–water partition coefficient (Wildman–Crippen LogP) is 4.71. The third kappa shape index (κ3) is 5.41. The van der Waals surface area contributed by atoms with E-state index in [2.05, 4.69) is 10.4 Å². The summed E-state index contributed by atoms with van der Waals surface area (Å²) in [4.78, 5) is 27.0. The third-order valence-corrected chi connectivity index (χ3v) is 5.98. The van der Waals surface area contributed by atoms with Crippen LogP contribution in [-0.4, -0.2) is 39.6 Å². The van der Waals surface area contributed by atoms with Gasteiger partial charge in [0.2, 0.25) is 5.91 Å². The molecule has 1 N–H and O–H groups in total. The lowest BCUT2D eigenvalue weighted by Crippen LogP contribution is -2.43. The Morgan fingerprint density at radius 3 is 2.38 bits per heavy atom. The van der Waals surface area contributed by atoms with Gasteiger partial charge in [-0.25, -0.2) is 4.68 Å². The molecule has 2 heterocycles. The summed E-state index contributed by atoms with van der Waals surface area (Å²) in [5, 5.41) is 6.76. The summed E-state index contributed by atoms with van der Waals surface area (Å²) in [6, 6.07) is 16.2. The average molecular weight is 491 g/mol. The number of piperidine rings is 1. The molecule has 34 heavy (non-hydrogen) atoms. The predicted molar refractivity (Wildman–Crippen MR) is 120 cm³/mol. The summed E-state index contributed by atoms with van der Waals surface area (Å²) in [5.74, 6) is -0.673. The fraction of sp³-hybridized carbons (Fsp3) is 0.292. The number of aromatic nitrogens is 2. The van der Waals surface area contributed by atoms with Crippen molar-refractivity contribution >= 4 is 23.4 Å². The smallest absolute Gasteiger partial charge is 0.350 e. The number of rotatable bonds is 5. The molecule has 6 nitrogen and oxygen atoms in total. The van der Waals surface area contributed by atoms with Gasteiger partial charge in [0.25, 0.3) is 5.91 Å². The Bertz CT molecular complexity index is 1170. The maximum atomic E-state index is 13.3. The minimum atomic E-state index is -4.62. The molecule has 1 fully saturated rings. The highest BCUT2D eigenvalue weighted by atomic mass is 35.5. The molecule has 0 bridgehead atoms. The number of nitrogens with zero attached hydrogens (tertiary/aromatic N) is 3. The van der Waals surface area contributed by atoms with Gasteiger partial charge in [0.15, 0.2) is 5.69 Å². The summed E-state index contributed by atoms with van der Waals surface area (Å²) in [7, 11) is 0. The Morgan fingerprint density at radius 1 is 1.03 bits per heavy atom. The highest BCUT2D eigenvalue weighted by Gasteiger charge is 2.35. The second-order valence-electron chi connectivity index (χ2n) is 8.06. The van der Waals surface area contributed by atoms with E-state index in [4.69, 9.17) is 11.6 Å². The van der Waals surface area contributed by atoms with Gasteiger partial charge in [-0.2, -0.15) is 18.3 Å². The zero-order valence-corrected chi connectivity index (χ0v) is 18.8. The van der Waals surface area contributed by atoms with Gasteiger partial charge in [-0.05, 0) is 49.2 Å². The van der Waals surface area contributed by atoms with Crippen LogP contribution in [0.1, 0.15) is 34.6 Å². The molecular formula is C24H22ClF3N4O2. The first-order valence-corrected chi connectivity index (χ1v) is 11.1. The van der Waals surface area contributed by atoms with E-state index in [0.717, 1.165) is 10.7 Å². The van der Waals surface area contributed by atoms with Gasteiger partial charge >= 0.3 is 6.18 Å². The Kier molecular flexibility index (Phi) is 6.92. The molecule has 3 aromatic rings. The van der Waals surface area contributed by atoms with Gasteiger partial charge in [0.05, 0.1) is 17.9 Å². The topological polar surface area (TPSA) is 67.2 Å². The van der Waals surface area contributed by atoms with Crippen LogP contribution in [0.25, 0.3) is 5.69 Å². The Balaban J connectivity index is 1.40. The van der Waals surface area contributed by atoms with E-state index in [0.29, 0.717) is 42.2 Å². The summed E-state index contributed by atoms with van der Waals surface area (Å²) in [6.07, 6.45) is -3.67. The molecule has 0 radical (unpaired) electrons. The van der Waals surface area contributed by atoms with Crippen LogP contribution < -0.4 is 5.32 Å². The number of carbonyl (C=O) groups is 2. The van der Waals surface area contributed by atoms with Crippen LogP contribution >= 0.6 is 11.6 Å². The quantitative estimate of drug-likeness (QED) is 0.563. The Hall–Kier alpha value is -3.33. The molecule has 0 unspecified atom stereocenters. The number of likely N-dealkylation sites (tertiary alicyclic amines) is 1. The largest absolute Gasteiger partial charge is 0.435 e. The SMILES string of the molecule is O=C(NCc1cc(C(F)(F)F)nn1-c1cccc(Cl)c1)C1CCN(C(=O)c2ccccc2)CC1. The van der Waals surface area contributed by atoms with Crippen LogP contribution in [0.15, 0.2) is 60.7 Å². The van der Waals surface area contributed by atoms with E-state index in [9.17, 15) is 22.8 Å². The molecule has 1 aliphatic rings. The molecule has 178 valence electrons. The number of carbonyl (C=O) groups excluding carboxylic acids is 2. The molecule has 0 aliphatic carbocycles. The number of hydrogen-bond donors (Lipinski definition) is 1. The normalized spacial score (nSPS) is 14.8. The second-order valence-corrected chi connectivity index (χ2v) is 8.50. The van der Waals surface area contributed by atoms with E-state index < -0.39 is 11.9 Å². The van der Waals surface area contributed by atoms with Crippen molar-refractivity contribution in [3.63, 3.8) is 0 Å². The fourth-order valence-electron chi connectivity index (χ4n) is 3.95. The van der Waals surface area contributed by atoms with Gasteiger partial charge in [-0.1, -0.05) is 35.9 Å². The molecule has 2 amide bonds. The number of nitrogens with one attached hydrogen (secondary N) is 1. The Labute approximate surface area is 199 Å². The van der Waals surface area contributed by atoms with Crippen molar-refractivity contribution in [2.24, 2.45) is 5.92 Å². The first kappa shape index (κ1) is 23.8. The zero-order chi connectivity index (χ0) is 24.3. The van der Waals surface area contributed by atoms with Crippen LogP contribution in [-0.2, 0) is 17.5 Å². The van der Waals surface area contributed by atoms with Gasteiger partial charge in [-0.3, -0.25) is 9.59 Å². The molecular weight excluding hydrogens is 469 g/mol. The Morgan fingerprint density at radius 2 is 1.74 bits per heavy atom. The zero-order valence-electron chi connectivity index (χ0n) is 18.1. The van der Waals surface area contributed by atoms with Crippen molar-refractivity contribution in [1.29, 1.82) is 0 Å². The summed E-state index contributed by atoms with van der Waals surface area (Å²) >= 11 is 5.98. The van der Waals surface area contributed by atoms with Crippen LogP contribution in [0.3, 0.4) is 0 Å². The van der Waals surface area contributed by atoms with E-state index >= 15 is 0 Å². The molecule has 1 aromatic heterocycles. The number of amides is 2. The standard InChI is InChI=1S/C24H22ClF3N4O2/c25-18-7-4-8-19(13-18)32-20(14-21(30-32)24(26,27)28)15-29-22(33)16-9-11-31(12-10-16)23(34)17-5-2-1-3-6-17/h1-8,13-14,16H,9-12,15H2,(H,29,33). The van der Waals surface area contributed by atoms with Crippen molar-refractivity contribution in [2.45, 2.75) is 25.6 Å². The van der Waals surface area contributed by atoms with Crippen molar-refractivity contribution in [3.05, 3.63) is 82.6 Å². The van der Waals surface area contributed by atoms with Crippen LogP contribution in [0.4, 0.5) is 13.2 Å². The summed E-state index contributed by atoms with van der Waals surface area (Å²) in [6.45, 7) is 0.743. The van der Waals surface area contributed by atoms with Crippen molar-refractivity contribution < 1.29 is 22.8 Å². The fourth-order valence-corrected chi connectivity index (χ4v) is 4.13. The molecule has 0 spiro atoms. The van der Waals surface area contributed by atoms with Gasteiger partial charge in [0.1, 0.15) is 0 Å². The van der Waals surface area contributed by atoms with Crippen LogP contribution in [0, 0.1) is 5.92 Å². The maximum absolute atomic E-state index is 13.3. The monoisotopic (exact) mass is 490 g/mol. The van der Waals surface area contributed by atoms with E-state index in [-0.39, 0.29) is 30.0 Å². The summed E-state index contributed by atoms with van der Waals surface area (Å²) in [5.41, 5.74) is 0.0872. The molecule has 0 saturated carbocycles. The van der Waals surface area contributed by atoms with Crippen LogP contribution in [0.2, 0.25) is 5.02 Å². The third-order valence-electron chi connectivity index (χ3n) is 5.74. The van der Waals surface area contributed by atoms with Gasteiger partial charge in [-0.15, -0.1) is 0 Å². The van der Waals surface area contributed by atoms with Gasteiger partial charge in [0, 0.05) is 29.6 Å². The lowest BCUT2D eigenvalue weighted by molar-refractivity contribution is -0.141. The molecule has 10 heteroatoms. The molecule has 1 saturated heterocycles. The first-order chi connectivity index (χ1) is 16.2. The second kappa shape index (κ2) is 9.89. The highest BCUT2D eigenvalue weighted by Crippen LogP contribution is 2.30. The van der Waals surface area contributed by atoms with E-state index in [1.165, 1.54) is 6.07 Å². The molecule has 2 aromatic carbocycles. The van der Waals surface area contributed by atoms with E-state index in [1.807, 2.05) is 6.07 Å². The minimum Gasteiger partial charge on any atom is -0.350 e. The molecule has 1 aliphatic heterocycles. The molecule has 0 atom stereocenters. The number of benzene rings is 2. The minimum absolute atomic E-state index is 0.0791.